The van der Waals surface area contributed by atoms with E-state index in [1.165, 1.54) is 0 Å². The molecule has 2 aromatic carbocycles. The van der Waals surface area contributed by atoms with Crippen molar-refractivity contribution in [1.82, 2.24) is 10.2 Å². The Bertz CT molecular complexity index is 892. The van der Waals surface area contributed by atoms with E-state index in [1.807, 2.05) is 60.7 Å². The van der Waals surface area contributed by atoms with Crippen LogP contribution in [0.3, 0.4) is 0 Å². The predicted molar refractivity (Wildman–Crippen MR) is 112 cm³/mol. The van der Waals surface area contributed by atoms with E-state index in [-0.39, 0.29) is 11.8 Å². The lowest BCUT2D eigenvalue weighted by molar-refractivity contribution is -0.140. The number of nitrogens with zero attached hydrogens (tertiary/aromatic N) is 1. The van der Waals surface area contributed by atoms with E-state index in [0.717, 1.165) is 11.1 Å². The largest absolute Gasteiger partial charge is 0.467 e. The molecule has 0 bridgehead atoms. The Morgan fingerprint density at radius 3 is 2.21 bits per heavy atom. The van der Waals surface area contributed by atoms with Gasteiger partial charge >= 0.3 is 0 Å². The van der Waals surface area contributed by atoms with Gasteiger partial charge in [0.15, 0.2) is 0 Å². The second-order valence-electron chi connectivity index (χ2n) is 6.97. The van der Waals surface area contributed by atoms with Crippen molar-refractivity contribution in [3.8, 4) is 0 Å². The maximum absolute atomic E-state index is 13.0. The smallest absolute Gasteiger partial charge is 0.242 e. The maximum atomic E-state index is 13.0. The standard InChI is InChI=1S/C24H26N2O3/c1-19(24(28)25-17-22-13-8-16-29-22)26(18-21-11-6-3-7-12-21)23(27)15-14-20-9-4-2-5-10-20/h2-13,16,19H,14-15,17-18H2,1H3,(H,25,28)/t19-/m0/s1. The molecule has 0 aliphatic rings. The fourth-order valence-corrected chi connectivity index (χ4v) is 3.14. The van der Waals surface area contributed by atoms with Crippen LogP contribution in [0.4, 0.5) is 0 Å². The van der Waals surface area contributed by atoms with Gasteiger partial charge in [-0.25, -0.2) is 0 Å². The van der Waals surface area contributed by atoms with Gasteiger partial charge in [-0.3, -0.25) is 9.59 Å². The van der Waals surface area contributed by atoms with Crippen LogP contribution < -0.4 is 5.32 Å². The molecule has 0 radical (unpaired) electrons. The Morgan fingerprint density at radius 2 is 1.59 bits per heavy atom. The molecule has 0 aliphatic heterocycles. The molecule has 0 spiro atoms. The van der Waals surface area contributed by atoms with Crippen LogP contribution in [0.25, 0.3) is 0 Å². The summed E-state index contributed by atoms with van der Waals surface area (Å²) in [5.74, 6) is 0.430. The van der Waals surface area contributed by atoms with E-state index in [9.17, 15) is 9.59 Å². The molecular formula is C24H26N2O3. The van der Waals surface area contributed by atoms with E-state index in [0.29, 0.717) is 31.7 Å². The normalized spacial score (nSPS) is 11.6. The van der Waals surface area contributed by atoms with Crippen LogP contribution in [0.2, 0.25) is 0 Å². The average molecular weight is 390 g/mol. The lowest BCUT2D eigenvalue weighted by Crippen LogP contribution is -2.47. The first kappa shape index (κ1) is 20.4. The number of benzene rings is 2. The molecule has 2 amide bonds. The molecule has 1 N–H and O–H groups in total. The molecule has 29 heavy (non-hydrogen) atoms. The number of aryl methyl sites for hydroxylation is 1. The molecule has 5 heteroatoms. The van der Waals surface area contributed by atoms with Crippen LogP contribution >= 0.6 is 0 Å². The molecule has 1 aromatic heterocycles. The molecule has 0 fully saturated rings. The lowest BCUT2D eigenvalue weighted by Gasteiger charge is -2.29. The molecule has 150 valence electrons. The summed E-state index contributed by atoms with van der Waals surface area (Å²) in [6.07, 6.45) is 2.57. The van der Waals surface area contributed by atoms with Gasteiger partial charge in [-0.15, -0.1) is 0 Å². The highest BCUT2D eigenvalue weighted by atomic mass is 16.3. The van der Waals surface area contributed by atoms with Gasteiger partial charge in [0.05, 0.1) is 12.8 Å². The molecule has 1 heterocycles. The highest BCUT2D eigenvalue weighted by Crippen LogP contribution is 2.13. The van der Waals surface area contributed by atoms with Crippen molar-refractivity contribution < 1.29 is 14.0 Å². The summed E-state index contributed by atoms with van der Waals surface area (Å²) in [6, 6.07) is 22.6. The number of nitrogens with one attached hydrogen (secondary N) is 1. The average Bonchev–Trinajstić information content (AvgIpc) is 3.29. The summed E-state index contributed by atoms with van der Waals surface area (Å²) >= 11 is 0. The first-order valence-electron chi connectivity index (χ1n) is 9.81. The molecule has 0 unspecified atom stereocenters. The molecule has 0 saturated carbocycles. The minimum atomic E-state index is -0.589. The summed E-state index contributed by atoms with van der Waals surface area (Å²) in [6.45, 7) is 2.46. The first-order chi connectivity index (χ1) is 14.1. The minimum absolute atomic E-state index is 0.0432. The molecule has 5 nitrogen and oxygen atoms in total. The zero-order chi connectivity index (χ0) is 20.5. The number of hydrogen-bond acceptors (Lipinski definition) is 3. The number of carbonyl (C=O) groups excluding carboxylic acids is 2. The van der Waals surface area contributed by atoms with Crippen molar-refractivity contribution in [3.05, 3.63) is 95.9 Å². The van der Waals surface area contributed by atoms with Gasteiger partial charge in [-0.05, 0) is 36.6 Å². The van der Waals surface area contributed by atoms with Crippen LogP contribution in [0.5, 0.6) is 0 Å². The fraction of sp³-hybridized carbons (Fsp3) is 0.250. The number of carbonyl (C=O) groups is 2. The summed E-state index contributed by atoms with van der Waals surface area (Å²) in [5.41, 5.74) is 2.10. The highest BCUT2D eigenvalue weighted by molar-refractivity contribution is 5.87. The van der Waals surface area contributed by atoms with E-state index in [2.05, 4.69) is 5.32 Å². The minimum Gasteiger partial charge on any atom is -0.467 e. The Balaban J connectivity index is 1.67. The van der Waals surface area contributed by atoms with Crippen molar-refractivity contribution >= 4 is 11.8 Å². The Hall–Kier alpha value is -3.34. The highest BCUT2D eigenvalue weighted by Gasteiger charge is 2.25. The van der Waals surface area contributed by atoms with Crippen LogP contribution in [-0.2, 0) is 29.1 Å². The lowest BCUT2D eigenvalue weighted by atomic mass is 10.1. The van der Waals surface area contributed by atoms with Gasteiger partial charge in [-0.1, -0.05) is 60.7 Å². The number of hydrogen-bond donors (Lipinski definition) is 1. The van der Waals surface area contributed by atoms with E-state index < -0.39 is 6.04 Å². The Morgan fingerprint density at radius 1 is 0.931 bits per heavy atom. The third kappa shape index (κ3) is 6.07. The van der Waals surface area contributed by atoms with Gasteiger partial charge in [0.1, 0.15) is 11.8 Å². The second kappa shape index (κ2) is 10.3. The predicted octanol–water partition coefficient (Wildman–Crippen LogP) is 3.95. The third-order valence-electron chi connectivity index (χ3n) is 4.85. The van der Waals surface area contributed by atoms with E-state index >= 15 is 0 Å². The van der Waals surface area contributed by atoms with Gasteiger partial charge in [0, 0.05) is 13.0 Å². The van der Waals surface area contributed by atoms with Crippen molar-refractivity contribution in [2.75, 3.05) is 0 Å². The van der Waals surface area contributed by atoms with E-state index in [4.69, 9.17) is 4.42 Å². The Labute approximate surface area is 171 Å². The quantitative estimate of drug-likeness (QED) is 0.602. The van der Waals surface area contributed by atoms with Gasteiger partial charge in [0.2, 0.25) is 11.8 Å². The summed E-state index contributed by atoms with van der Waals surface area (Å²) in [7, 11) is 0. The molecule has 1 atom stereocenters. The summed E-state index contributed by atoms with van der Waals surface area (Å²) in [5, 5.41) is 2.85. The number of rotatable bonds is 9. The van der Waals surface area contributed by atoms with Crippen molar-refractivity contribution in [3.63, 3.8) is 0 Å². The van der Waals surface area contributed by atoms with Gasteiger partial charge < -0.3 is 14.6 Å². The van der Waals surface area contributed by atoms with Crippen LogP contribution in [0.1, 0.15) is 30.2 Å². The van der Waals surface area contributed by atoms with Crippen molar-refractivity contribution in [1.29, 1.82) is 0 Å². The van der Waals surface area contributed by atoms with E-state index in [1.54, 1.807) is 30.2 Å². The molecule has 0 saturated heterocycles. The third-order valence-corrected chi connectivity index (χ3v) is 4.85. The fourth-order valence-electron chi connectivity index (χ4n) is 3.14. The van der Waals surface area contributed by atoms with Crippen LogP contribution in [0, 0.1) is 0 Å². The second-order valence-corrected chi connectivity index (χ2v) is 6.97. The number of furan rings is 1. The van der Waals surface area contributed by atoms with Crippen molar-refractivity contribution in [2.45, 2.75) is 38.9 Å². The molecule has 3 rings (SSSR count). The van der Waals surface area contributed by atoms with Gasteiger partial charge in [-0.2, -0.15) is 0 Å². The zero-order valence-electron chi connectivity index (χ0n) is 16.6. The topological polar surface area (TPSA) is 62.6 Å². The number of amides is 2. The summed E-state index contributed by atoms with van der Waals surface area (Å²) in [4.78, 5) is 27.4. The van der Waals surface area contributed by atoms with Crippen LogP contribution in [0.15, 0.2) is 83.5 Å². The van der Waals surface area contributed by atoms with Gasteiger partial charge in [0.25, 0.3) is 0 Å². The molecule has 3 aromatic rings. The maximum Gasteiger partial charge on any atom is 0.242 e. The zero-order valence-corrected chi connectivity index (χ0v) is 16.6. The van der Waals surface area contributed by atoms with Crippen LogP contribution in [-0.4, -0.2) is 22.8 Å². The van der Waals surface area contributed by atoms with Crippen molar-refractivity contribution in [2.24, 2.45) is 0 Å². The SMILES string of the molecule is C[C@@H](C(=O)NCc1ccco1)N(Cc1ccccc1)C(=O)CCc1ccccc1. The molecule has 0 aliphatic carbocycles. The monoisotopic (exact) mass is 390 g/mol. The summed E-state index contributed by atoms with van der Waals surface area (Å²) < 4.78 is 5.26. The first-order valence-corrected chi connectivity index (χ1v) is 9.81. The molecular weight excluding hydrogens is 364 g/mol. The Kier molecular flexibility index (Phi) is 7.22.